The van der Waals surface area contributed by atoms with Crippen molar-refractivity contribution in [3.05, 3.63) is 0 Å². The molecule has 0 amide bonds. The molecule has 0 aliphatic rings. The number of hydrogen-bond donors (Lipinski definition) is 4. The summed E-state index contributed by atoms with van der Waals surface area (Å²) < 4.78 is 0. The second-order valence-electron chi connectivity index (χ2n) is 8.86. The Balaban J connectivity index is 0. The van der Waals surface area contributed by atoms with Crippen molar-refractivity contribution >= 4 is 0 Å². The first-order chi connectivity index (χ1) is 14.6. The fourth-order valence-corrected chi connectivity index (χ4v) is 3.62. The van der Waals surface area contributed by atoms with Gasteiger partial charge in [-0.15, -0.1) is 0 Å². The normalized spacial score (nSPS) is 13.0. The average Bonchev–Trinajstić information content (AvgIpc) is 2.75. The van der Waals surface area contributed by atoms with E-state index in [0.717, 1.165) is 51.4 Å². The van der Waals surface area contributed by atoms with Gasteiger partial charge in [0.25, 0.3) is 0 Å². The van der Waals surface area contributed by atoms with Gasteiger partial charge < -0.3 is 20.4 Å². The quantitative estimate of drug-likeness (QED) is 0.147. The summed E-state index contributed by atoms with van der Waals surface area (Å²) in [4.78, 5) is 0. The van der Waals surface area contributed by atoms with E-state index in [1.165, 1.54) is 77.0 Å². The highest BCUT2D eigenvalue weighted by Crippen LogP contribution is 2.12. The fourth-order valence-electron chi connectivity index (χ4n) is 3.62. The van der Waals surface area contributed by atoms with E-state index in [9.17, 15) is 10.2 Å². The number of aliphatic hydroxyl groups is 4. The number of unbranched alkanes of at least 4 members (excludes halogenated alkanes) is 12. The lowest BCUT2D eigenvalue weighted by molar-refractivity contribution is 0.137. The van der Waals surface area contributed by atoms with Crippen LogP contribution >= 0.6 is 0 Å². The Labute approximate surface area is 188 Å². The Morgan fingerprint density at radius 1 is 0.400 bits per heavy atom. The van der Waals surface area contributed by atoms with Gasteiger partial charge in [-0.1, -0.05) is 104 Å². The molecule has 0 spiro atoms. The molecule has 0 heterocycles. The van der Waals surface area contributed by atoms with Crippen molar-refractivity contribution in [2.24, 2.45) is 0 Å². The Hall–Kier alpha value is -0.160. The Kier molecular flexibility index (Phi) is 30.8. The molecule has 0 saturated heterocycles. The number of aliphatic hydroxyl groups excluding tert-OH is 4. The molecule has 0 aliphatic carbocycles. The van der Waals surface area contributed by atoms with Gasteiger partial charge in [0.2, 0.25) is 0 Å². The Morgan fingerprint density at radius 2 is 0.667 bits per heavy atom. The summed E-state index contributed by atoms with van der Waals surface area (Å²) in [5.74, 6) is 0. The first-order valence-corrected chi connectivity index (χ1v) is 13.2. The summed E-state index contributed by atoms with van der Waals surface area (Å²) in [7, 11) is 0. The molecule has 0 saturated carbocycles. The maximum atomic E-state index is 9.51. The summed E-state index contributed by atoms with van der Waals surface area (Å²) in [5.41, 5.74) is 0. The second kappa shape index (κ2) is 28.8. The van der Waals surface area contributed by atoms with Crippen LogP contribution < -0.4 is 0 Å². The zero-order chi connectivity index (χ0) is 22.7. The SMILES string of the molecule is CCCCCCCCCC(O)CCCO.CCCCCCCCCC(O)CCCO. The van der Waals surface area contributed by atoms with E-state index in [2.05, 4.69) is 13.8 Å². The Morgan fingerprint density at radius 3 is 0.967 bits per heavy atom. The van der Waals surface area contributed by atoms with Crippen LogP contribution in [-0.4, -0.2) is 45.8 Å². The van der Waals surface area contributed by atoms with Crippen molar-refractivity contribution in [2.75, 3.05) is 13.2 Å². The first kappa shape index (κ1) is 32.0. The standard InChI is InChI=1S/2C13H28O2/c2*1-2-3-4-5-6-7-8-10-13(15)11-9-12-14/h2*13-15H,2-12H2,1H3. The molecule has 4 nitrogen and oxygen atoms in total. The van der Waals surface area contributed by atoms with Crippen molar-refractivity contribution < 1.29 is 20.4 Å². The molecule has 4 heteroatoms. The molecule has 0 bridgehead atoms. The van der Waals surface area contributed by atoms with Crippen molar-refractivity contribution in [1.29, 1.82) is 0 Å². The lowest BCUT2D eigenvalue weighted by Crippen LogP contribution is -2.06. The number of hydrogen-bond acceptors (Lipinski definition) is 4. The van der Waals surface area contributed by atoms with Crippen molar-refractivity contribution in [3.63, 3.8) is 0 Å². The van der Waals surface area contributed by atoms with Crippen molar-refractivity contribution in [2.45, 2.75) is 154 Å². The monoisotopic (exact) mass is 432 g/mol. The van der Waals surface area contributed by atoms with Crippen LogP contribution in [0.15, 0.2) is 0 Å². The van der Waals surface area contributed by atoms with Gasteiger partial charge in [0.05, 0.1) is 12.2 Å². The molecule has 30 heavy (non-hydrogen) atoms. The van der Waals surface area contributed by atoms with Gasteiger partial charge in [-0.3, -0.25) is 0 Å². The van der Waals surface area contributed by atoms with E-state index in [-0.39, 0.29) is 25.4 Å². The molecule has 0 radical (unpaired) electrons. The zero-order valence-electron chi connectivity index (χ0n) is 20.5. The lowest BCUT2D eigenvalue weighted by Gasteiger charge is -2.08. The van der Waals surface area contributed by atoms with Crippen LogP contribution in [0, 0.1) is 0 Å². The minimum absolute atomic E-state index is 0.187. The average molecular weight is 433 g/mol. The minimum atomic E-state index is -0.187. The van der Waals surface area contributed by atoms with E-state index >= 15 is 0 Å². The fraction of sp³-hybridized carbons (Fsp3) is 1.00. The van der Waals surface area contributed by atoms with Crippen LogP contribution in [0.5, 0.6) is 0 Å². The molecule has 0 aliphatic heterocycles. The summed E-state index contributed by atoms with van der Waals surface area (Å²) in [5, 5.41) is 36.2. The van der Waals surface area contributed by atoms with Crippen LogP contribution in [-0.2, 0) is 0 Å². The predicted molar refractivity (Wildman–Crippen MR) is 130 cm³/mol. The molecule has 2 atom stereocenters. The van der Waals surface area contributed by atoms with Gasteiger partial charge in [-0.2, -0.15) is 0 Å². The third kappa shape index (κ3) is 30.0. The van der Waals surface area contributed by atoms with Gasteiger partial charge in [-0.25, -0.2) is 0 Å². The van der Waals surface area contributed by atoms with Crippen LogP contribution in [0.3, 0.4) is 0 Å². The zero-order valence-corrected chi connectivity index (χ0v) is 20.5. The largest absolute Gasteiger partial charge is 0.396 e. The Bertz CT molecular complexity index is 258. The van der Waals surface area contributed by atoms with Gasteiger partial charge in [-0.05, 0) is 38.5 Å². The molecule has 184 valence electrons. The summed E-state index contributed by atoms with van der Waals surface area (Å²) >= 11 is 0. The lowest BCUT2D eigenvalue weighted by atomic mass is 10.0. The highest BCUT2D eigenvalue weighted by atomic mass is 16.3. The molecule has 2 unspecified atom stereocenters. The molecular weight excluding hydrogens is 376 g/mol. The van der Waals surface area contributed by atoms with Gasteiger partial charge in [0, 0.05) is 13.2 Å². The first-order valence-electron chi connectivity index (χ1n) is 13.2. The summed E-state index contributed by atoms with van der Waals surface area (Å²) in [6, 6.07) is 0. The maximum absolute atomic E-state index is 9.51. The molecule has 0 aromatic heterocycles. The third-order valence-electron chi connectivity index (χ3n) is 5.67. The summed E-state index contributed by atoms with van der Waals surface area (Å²) in [6.07, 6.45) is 22.6. The minimum Gasteiger partial charge on any atom is -0.396 e. The van der Waals surface area contributed by atoms with Gasteiger partial charge >= 0.3 is 0 Å². The molecular formula is C26H56O4. The van der Waals surface area contributed by atoms with Gasteiger partial charge in [0.15, 0.2) is 0 Å². The van der Waals surface area contributed by atoms with Crippen LogP contribution in [0.4, 0.5) is 0 Å². The molecule has 4 N–H and O–H groups in total. The highest BCUT2D eigenvalue weighted by molar-refractivity contribution is 4.57. The number of rotatable bonds is 22. The molecule has 0 aromatic carbocycles. The van der Waals surface area contributed by atoms with Crippen LogP contribution in [0.2, 0.25) is 0 Å². The van der Waals surface area contributed by atoms with Crippen molar-refractivity contribution in [3.8, 4) is 0 Å². The molecule has 0 aromatic rings. The smallest absolute Gasteiger partial charge is 0.0541 e. The van der Waals surface area contributed by atoms with E-state index in [1.807, 2.05) is 0 Å². The molecule has 0 rings (SSSR count). The van der Waals surface area contributed by atoms with Crippen LogP contribution in [0.25, 0.3) is 0 Å². The van der Waals surface area contributed by atoms with E-state index < -0.39 is 0 Å². The second-order valence-corrected chi connectivity index (χ2v) is 8.86. The van der Waals surface area contributed by atoms with Gasteiger partial charge in [0.1, 0.15) is 0 Å². The van der Waals surface area contributed by atoms with Crippen LogP contribution in [0.1, 0.15) is 142 Å². The predicted octanol–water partition coefficient (Wildman–Crippen LogP) is 6.52. The third-order valence-corrected chi connectivity index (χ3v) is 5.67. The van der Waals surface area contributed by atoms with E-state index in [4.69, 9.17) is 10.2 Å². The van der Waals surface area contributed by atoms with Crippen molar-refractivity contribution in [1.82, 2.24) is 0 Å². The highest BCUT2D eigenvalue weighted by Gasteiger charge is 2.03. The maximum Gasteiger partial charge on any atom is 0.0541 e. The van der Waals surface area contributed by atoms with E-state index in [1.54, 1.807) is 0 Å². The van der Waals surface area contributed by atoms with E-state index in [0.29, 0.717) is 0 Å². The molecule has 0 fully saturated rings. The summed E-state index contributed by atoms with van der Waals surface area (Å²) in [6.45, 7) is 4.87. The topological polar surface area (TPSA) is 80.9 Å².